The van der Waals surface area contributed by atoms with E-state index in [1.165, 1.54) is 7.11 Å². The Morgan fingerprint density at radius 1 is 1.14 bits per heavy atom. The minimum Gasteiger partial charge on any atom is -0.497 e. The molecule has 35 heavy (non-hydrogen) atoms. The molecule has 0 atom stereocenters. The van der Waals surface area contributed by atoms with Crippen molar-refractivity contribution in [3.8, 4) is 17.1 Å². The van der Waals surface area contributed by atoms with Crippen LogP contribution in [0.5, 0.6) is 5.75 Å². The lowest BCUT2D eigenvalue weighted by molar-refractivity contribution is -0.132. The summed E-state index contributed by atoms with van der Waals surface area (Å²) in [7, 11) is 2.99. The van der Waals surface area contributed by atoms with Gasteiger partial charge in [0.05, 0.1) is 19.8 Å². The van der Waals surface area contributed by atoms with E-state index in [-0.39, 0.29) is 11.9 Å². The fourth-order valence-electron chi connectivity index (χ4n) is 4.52. The molecular weight excluding hydrogens is 466 g/mol. The third-order valence-electron chi connectivity index (χ3n) is 6.40. The third kappa shape index (κ3) is 4.32. The third-order valence-corrected chi connectivity index (χ3v) is 6.72. The molecule has 0 saturated heterocycles. The van der Waals surface area contributed by atoms with Crippen LogP contribution in [0.1, 0.15) is 28.0 Å². The summed E-state index contributed by atoms with van der Waals surface area (Å²) < 4.78 is 12.4. The van der Waals surface area contributed by atoms with Crippen molar-refractivity contribution < 1.29 is 19.1 Å². The second kappa shape index (κ2) is 9.38. The molecule has 0 radical (unpaired) electrons. The average Bonchev–Trinajstić information content (AvgIpc) is 3.45. The summed E-state index contributed by atoms with van der Waals surface area (Å²) in [6.07, 6.45) is 1.02. The molecule has 2 aromatic carbocycles. The van der Waals surface area contributed by atoms with E-state index in [4.69, 9.17) is 21.7 Å². The summed E-state index contributed by atoms with van der Waals surface area (Å²) in [6, 6.07) is 13.0. The Morgan fingerprint density at radius 3 is 2.69 bits per heavy atom. The number of aromatic amines is 2. The van der Waals surface area contributed by atoms with Crippen molar-refractivity contribution in [1.82, 2.24) is 24.6 Å². The van der Waals surface area contributed by atoms with Gasteiger partial charge in [0.2, 0.25) is 5.91 Å². The van der Waals surface area contributed by atoms with Crippen LogP contribution < -0.4 is 4.74 Å². The number of H-pyrrole nitrogens is 2. The van der Waals surface area contributed by atoms with Crippen LogP contribution in [-0.2, 0) is 29.0 Å². The van der Waals surface area contributed by atoms with Gasteiger partial charge in [-0.15, -0.1) is 0 Å². The minimum absolute atomic E-state index is 0.0397. The first kappa shape index (κ1) is 22.9. The van der Waals surface area contributed by atoms with Crippen LogP contribution in [0.4, 0.5) is 0 Å². The van der Waals surface area contributed by atoms with Gasteiger partial charge in [-0.2, -0.15) is 5.10 Å². The number of methoxy groups -OCH3 is 2. The zero-order valence-corrected chi connectivity index (χ0v) is 20.3. The van der Waals surface area contributed by atoms with Gasteiger partial charge in [0.1, 0.15) is 5.75 Å². The van der Waals surface area contributed by atoms with Crippen molar-refractivity contribution in [2.75, 3.05) is 20.8 Å². The number of amides is 1. The molecule has 180 valence electrons. The van der Waals surface area contributed by atoms with Crippen molar-refractivity contribution >= 4 is 35.0 Å². The fourth-order valence-corrected chi connectivity index (χ4v) is 4.75. The Hall–Kier alpha value is -3.92. The standard InChI is InChI=1S/C25H25N5O4S/c1-33-17-6-3-15(4-7-17)23-27-28-25(35)30(23)12-10-22(31)29-11-9-21-19(14-29)18-13-16(24(32)34-2)5-8-20(18)26-21/h3-8,13,26H,9-12,14H2,1-2H3,(H,28,35). The second-order valence-corrected chi connectivity index (χ2v) is 8.77. The van der Waals surface area contributed by atoms with E-state index in [0.717, 1.165) is 39.9 Å². The molecule has 0 aliphatic carbocycles. The summed E-state index contributed by atoms with van der Waals surface area (Å²) >= 11 is 5.42. The van der Waals surface area contributed by atoms with Crippen LogP contribution in [-0.4, -0.2) is 57.3 Å². The summed E-state index contributed by atoms with van der Waals surface area (Å²) in [5.74, 6) is 1.09. The molecule has 1 amide bonds. The zero-order chi connectivity index (χ0) is 24.5. The van der Waals surface area contributed by atoms with E-state index in [2.05, 4.69) is 15.2 Å². The predicted octanol–water partition coefficient (Wildman–Crippen LogP) is 3.86. The van der Waals surface area contributed by atoms with Gasteiger partial charge in [0.15, 0.2) is 10.6 Å². The topological polar surface area (TPSA) is 105 Å². The SMILES string of the molecule is COC(=O)c1ccc2[nH]c3c(c2c1)CN(C(=O)CCn1c(-c2ccc(OC)cc2)n[nH]c1=S)CC3. The Morgan fingerprint density at radius 2 is 1.94 bits per heavy atom. The van der Waals surface area contributed by atoms with E-state index in [1.54, 1.807) is 13.2 Å². The van der Waals surface area contributed by atoms with Crippen molar-refractivity contribution in [1.29, 1.82) is 0 Å². The van der Waals surface area contributed by atoms with E-state index in [9.17, 15) is 9.59 Å². The highest BCUT2D eigenvalue weighted by Crippen LogP contribution is 2.29. The minimum atomic E-state index is -0.380. The lowest BCUT2D eigenvalue weighted by Gasteiger charge is -2.27. The highest BCUT2D eigenvalue weighted by molar-refractivity contribution is 7.71. The molecule has 1 aliphatic rings. The molecule has 4 aromatic rings. The smallest absolute Gasteiger partial charge is 0.337 e. The molecule has 1 aliphatic heterocycles. The predicted molar refractivity (Wildman–Crippen MR) is 133 cm³/mol. The van der Waals surface area contributed by atoms with Gasteiger partial charge in [-0.25, -0.2) is 4.79 Å². The maximum absolute atomic E-state index is 13.2. The van der Waals surface area contributed by atoms with Gasteiger partial charge in [-0.3, -0.25) is 14.5 Å². The van der Waals surface area contributed by atoms with Gasteiger partial charge in [-0.1, -0.05) is 0 Å². The average molecular weight is 492 g/mol. The number of nitrogens with zero attached hydrogens (tertiary/aromatic N) is 3. The number of hydrogen-bond donors (Lipinski definition) is 2. The quantitative estimate of drug-likeness (QED) is 0.314. The molecule has 0 bridgehead atoms. The molecule has 0 saturated carbocycles. The van der Waals surface area contributed by atoms with Crippen LogP contribution >= 0.6 is 12.2 Å². The number of ether oxygens (including phenoxy) is 2. The number of rotatable bonds is 6. The van der Waals surface area contributed by atoms with Gasteiger partial charge in [-0.05, 0) is 54.7 Å². The van der Waals surface area contributed by atoms with Gasteiger partial charge >= 0.3 is 5.97 Å². The molecular formula is C25H25N5O4S. The number of hydrogen-bond acceptors (Lipinski definition) is 6. The number of carbonyl (C=O) groups excluding carboxylic acids is 2. The lowest BCUT2D eigenvalue weighted by Crippen LogP contribution is -2.36. The van der Waals surface area contributed by atoms with E-state index in [0.29, 0.717) is 42.2 Å². The maximum atomic E-state index is 13.2. The number of nitrogens with one attached hydrogen (secondary N) is 2. The van der Waals surface area contributed by atoms with E-state index >= 15 is 0 Å². The molecule has 9 nitrogen and oxygen atoms in total. The van der Waals surface area contributed by atoms with Crippen LogP contribution in [0.15, 0.2) is 42.5 Å². The number of esters is 1. The Balaban J connectivity index is 1.32. The Kier molecular flexibility index (Phi) is 6.12. The van der Waals surface area contributed by atoms with Gasteiger partial charge in [0, 0.05) is 60.2 Å². The summed E-state index contributed by atoms with van der Waals surface area (Å²) in [4.78, 5) is 30.4. The van der Waals surface area contributed by atoms with Crippen LogP contribution in [0, 0.1) is 4.77 Å². The molecule has 0 fully saturated rings. The number of benzene rings is 2. The van der Waals surface area contributed by atoms with Crippen molar-refractivity contribution in [3.63, 3.8) is 0 Å². The first-order valence-corrected chi connectivity index (χ1v) is 11.7. The van der Waals surface area contributed by atoms with Crippen molar-refractivity contribution in [3.05, 3.63) is 64.1 Å². The number of fused-ring (bicyclic) bond motifs is 3. The van der Waals surface area contributed by atoms with Crippen molar-refractivity contribution in [2.45, 2.75) is 25.9 Å². The molecule has 10 heteroatoms. The monoisotopic (exact) mass is 491 g/mol. The van der Waals surface area contributed by atoms with Crippen LogP contribution in [0.25, 0.3) is 22.3 Å². The van der Waals surface area contributed by atoms with Crippen LogP contribution in [0.2, 0.25) is 0 Å². The number of aromatic nitrogens is 4. The first-order chi connectivity index (χ1) is 17.0. The largest absolute Gasteiger partial charge is 0.497 e. The van der Waals surface area contributed by atoms with Crippen LogP contribution in [0.3, 0.4) is 0 Å². The molecule has 0 spiro atoms. The molecule has 5 rings (SSSR count). The molecule has 2 aromatic heterocycles. The first-order valence-electron chi connectivity index (χ1n) is 11.3. The Bertz CT molecular complexity index is 1470. The lowest BCUT2D eigenvalue weighted by atomic mass is 10.0. The summed E-state index contributed by atoms with van der Waals surface area (Å²) in [5.41, 5.74) is 4.47. The maximum Gasteiger partial charge on any atom is 0.337 e. The number of carbonyl (C=O) groups is 2. The normalized spacial score (nSPS) is 13.0. The molecule has 0 unspecified atom stereocenters. The van der Waals surface area contributed by atoms with E-state index in [1.807, 2.05) is 45.9 Å². The van der Waals surface area contributed by atoms with Gasteiger partial charge < -0.3 is 19.4 Å². The van der Waals surface area contributed by atoms with Gasteiger partial charge in [0.25, 0.3) is 0 Å². The second-order valence-electron chi connectivity index (χ2n) is 8.38. The molecule has 2 N–H and O–H groups in total. The fraction of sp³-hybridized carbons (Fsp3) is 0.280. The highest BCUT2D eigenvalue weighted by atomic mass is 32.1. The Labute approximate surface area is 206 Å². The van der Waals surface area contributed by atoms with E-state index < -0.39 is 0 Å². The summed E-state index contributed by atoms with van der Waals surface area (Å²) in [6.45, 7) is 1.53. The molecule has 3 heterocycles. The van der Waals surface area contributed by atoms with Crippen molar-refractivity contribution in [2.24, 2.45) is 0 Å². The summed E-state index contributed by atoms with van der Waals surface area (Å²) in [5, 5.41) is 8.13. The zero-order valence-electron chi connectivity index (χ0n) is 19.5. The highest BCUT2D eigenvalue weighted by Gasteiger charge is 2.25.